The fraction of sp³-hybridized carbons (Fsp3) is 0.300. The molecule has 4 aromatic heterocycles. The maximum Gasteiger partial charge on any atom is 0.296 e. The van der Waals surface area contributed by atoms with Gasteiger partial charge < -0.3 is 4.57 Å². The van der Waals surface area contributed by atoms with E-state index >= 15 is 0 Å². The van der Waals surface area contributed by atoms with E-state index < -0.39 is 0 Å². The second-order valence-corrected chi connectivity index (χ2v) is 14.1. The summed E-state index contributed by atoms with van der Waals surface area (Å²) >= 11 is 0. The van der Waals surface area contributed by atoms with Crippen LogP contribution in [0, 0.1) is 23.7 Å². The van der Waals surface area contributed by atoms with Gasteiger partial charge in [-0.15, -0.1) is 0 Å². The highest BCUT2D eigenvalue weighted by atomic mass is 15.2. The molecule has 6 atom stereocenters. The minimum atomic E-state index is 0.454. The SMILES string of the molecule is c1ccc(-c2ccc[n+]3c2-n2c4ccccc4c4cc5c6ccccc6n(c5nc42)C2CCC4CC5CCCC5C3C42)cc1. The molecule has 4 aliphatic rings. The minimum Gasteiger partial charge on any atom is -0.322 e. The summed E-state index contributed by atoms with van der Waals surface area (Å²) in [6, 6.07) is 37.2. The molecule has 3 saturated carbocycles. The zero-order chi connectivity index (χ0) is 28.5. The molecule has 0 N–H and O–H groups in total. The van der Waals surface area contributed by atoms with Gasteiger partial charge in [0, 0.05) is 34.0 Å². The molecule has 214 valence electrons. The summed E-state index contributed by atoms with van der Waals surface area (Å²) in [5, 5.41) is 5.17. The normalized spacial score (nSPS) is 27.0. The Labute approximate surface area is 256 Å². The molecular weight excluding hydrogens is 536 g/mol. The predicted octanol–water partition coefficient (Wildman–Crippen LogP) is 9.18. The molecule has 0 spiro atoms. The molecule has 11 rings (SSSR count). The molecule has 3 aliphatic carbocycles. The van der Waals surface area contributed by atoms with Gasteiger partial charge in [-0.25, -0.2) is 4.57 Å². The van der Waals surface area contributed by atoms with Gasteiger partial charge in [0.1, 0.15) is 17.2 Å². The standard InChI is InChI=1S/C40H35N4/c1-2-10-24(11-3-1)28-16-9-21-42-37-27-15-8-12-25(27)22-26-19-20-35(36(26)37)43-33-17-6-4-13-29(33)31-23-32-30-14-5-7-18-34(30)44(40(28)42)39(32)41-38(31)43/h1-7,9-11,13-14,16-18,21,23,25-27,35-37H,8,12,15,19-20,22H2/q+1. The van der Waals surface area contributed by atoms with Crippen molar-refractivity contribution in [3.8, 4) is 16.9 Å². The van der Waals surface area contributed by atoms with Crippen LogP contribution in [-0.4, -0.2) is 14.1 Å². The number of benzene rings is 3. The van der Waals surface area contributed by atoms with E-state index in [0.29, 0.717) is 23.9 Å². The van der Waals surface area contributed by atoms with Gasteiger partial charge in [-0.2, -0.15) is 9.55 Å². The summed E-state index contributed by atoms with van der Waals surface area (Å²) in [7, 11) is 0. The van der Waals surface area contributed by atoms with Gasteiger partial charge in [-0.3, -0.25) is 0 Å². The van der Waals surface area contributed by atoms with Crippen molar-refractivity contribution in [3.05, 3.63) is 103 Å². The molecule has 3 aromatic carbocycles. The van der Waals surface area contributed by atoms with Crippen LogP contribution in [-0.2, 0) is 0 Å². The van der Waals surface area contributed by atoms with E-state index in [-0.39, 0.29) is 0 Å². The maximum absolute atomic E-state index is 5.74. The fourth-order valence-electron chi connectivity index (χ4n) is 10.7. The Morgan fingerprint density at radius 3 is 2.32 bits per heavy atom. The van der Waals surface area contributed by atoms with E-state index in [1.165, 1.54) is 93.7 Å². The summed E-state index contributed by atoms with van der Waals surface area (Å²) in [5.41, 5.74) is 7.42. The molecule has 5 heterocycles. The second-order valence-electron chi connectivity index (χ2n) is 14.1. The summed E-state index contributed by atoms with van der Waals surface area (Å²) in [6.07, 6.45) is 10.5. The van der Waals surface area contributed by atoms with Crippen LogP contribution in [0.15, 0.2) is 103 Å². The summed E-state index contributed by atoms with van der Waals surface area (Å²) < 4.78 is 8.03. The first-order valence-electron chi connectivity index (χ1n) is 16.8. The van der Waals surface area contributed by atoms with Crippen molar-refractivity contribution in [2.45, 2.75) is 50.6 Å². The zero-order valence-corrected chi connectivity index (χ0v) is 24.8. The first-order chi connectivity index (χ1) is 21.8. The molecule has 7 aromatic rings. The molecule has 44 heavy (non-hydrogen) atoms. The average Bonchev–Trinajstić information content (AvgIpc) is 3.85. The number of para-hydroxylation sites is 2. The van der Waals surface area contributed by atoms with Crippen LogP contribution in [0.4, 0.5) is 0 Å². The molecule has 0 saturated heterocycles. The van der Waals surface area contributed by atoms with Crippen molar-refractivity contribution < 1.29 is 4.57 Å². The fourth-order valence-corrected chi connectivity index (χ4v) is 10.7. The molecule has 4 heteroatoms. The zero-order valence-electron chi connectivity index (χ0n) is 24.8. The Morgan fingerprint density at radius 2 is 1.43 bits per heavy atom. The van der Waals surface area contributed by atoms with E-state index in [9.17, 15) is 0 Å². The Bertz CT molecular complexity index is 2290. The van der Waals surface area contributed by atoms with E-state index in [2.05, 4.69) is 117 Å². The Balaban J connectivity index is 1.38. The average molecular weight is 572 g/mol. The van der Waals surface area contributed by atoms with Crippen LogP contribution in [0.3, 0.4) is 0 Å². The third-order valence-electron chi connectivity index (χ3n) is 12.2. The molecular formula is C40H35N4+. The lowest BCUT2D eigenvalue weighted by Gasteiger charge is -2.44. The van der Waals surface area contributed by atoms with Crippen molar-refractivity contribution in [2.75, 3.05) is 0 Å². The summed E-state index contributed by atoms with van der Waals surface area (Å²) in [6.45, 7) is 0. The lowest BCUT2D eigenvalue weighted by molar-refractivity contribution is -0.736. The van der Waals surface area contributed by atoms with Gasteiger partial charge in [-0.1, -0.05) is 67.1 Å². The number of hydrogen-bond donors (Lipinski definition) is 0. The molecule has 4 nitrogen and oxygen atoms in total. The number of rotatable bonds is 1. The molecule has 2 bridgehead atoms. The monoisotopic (exact) mass is 571 g/mol. The highest BCUT2D eigenvalue weighted by Gasteiger charge is 2.56. The van der Waals surface area contributed by atoms with Gasteiger partial charge in [0.05, 0.1) is 22.7 Å². The van der Waals surface area contributed by atoms with E-state index in [1.807, 2.05) is 0 Å². The van der Waals surface area contributed by atoms with Crippen LogP contribution < -0.4 is 4.57 Å². The Hall–Kier alpha value is -4.44. The quantitative estimate of drug-likeness (QED) is 0.181. The summed E-state index contributed by atoms with van der Waals surface area (Å²) in [5.74, 6) is 4.19. The van der Waals surface area contributed by atoms with Gasteiger partial charge >= 0.3 is 0 Å². The van der Waals surface area contributed by atoms with Gasteiger partial charge in [0.25, 0.3) is 5.82 Å². The number of fused-ring (bicyclic) bond motifs is 12. The first-order valence-corrected chi connectivity index (χ1v) is 16.8. The Kier molecular flexibility index (Phi) is 4.68. The maximum atomic E-state index is 5.74. The minimum absolute atomic E-state index is 0.454. The Morgan fingerprint density at radius 1 is 0.659 bits per heavy atom. The van der Waals surface area contributed by atoms with Gasteiger partial charge in [-0.05, 0) is 85.9 Å². The van der Waals surface area contributed by atoms with Crippen molar-refractivity contribution in [1.29, 1.82) is 0 Å². The molecule has 0 amide bonds. The smallest absolute Gasteiger partial charge is 0.296 e. The highest BCUT2D eigenvalue weighted by molar-refractivity contribution is 6.16. The third-order valence-corrected chi connectivity index (χ3v) is 12.2. The number of pyridine rings is 2. The van der Waals surface area contributed by atoms with Gasteiger partial charge in [0.2, 0.25) is 5.65 Å². The highest BCUT2D eigenvalue weighted by Crippen LogP contribution is 2.60. The first kappa shape index (κ1) is 23.9. The topological polar surface area (TPSA) is 26.6 Å². The van der Waals surface area contributed by atoms with Gasteiger partial charge in [0.15, 0.2) is 0 Å². The number of hydrogen-bond acceptors (Lipinski definition) is 1. The van der Waals surface area contributed by atoms with Crippen molar-refractivity contribution in [1.82, 2.24) is 14.1 Å². The third kappa shape index (κ3) is 2.95. The number of aromatic nitrogens is 4. The predicted molar refractivity (Wildman–Crippen MR) is 177 cm³/mol. The molecule has 3 fully saturated rings. The van der Waals surface area contributed by atoms with Crippen molar-refractivity contribution in [2.24, 2.45) is 23.7 Å². The largest absolute Gasteiger partial charge is 0.322 e. The van der Waals surface area contributed by atoms with E-state index in [1.54, 1.807) is 0 Å². The lowest BCUT2D eigenvalue weighted by atomic mass is 9.66. The van der Waals surface area contributed by atoms with E-state index in [4.69, 9.17) is 4.98 Å². The van der Waals surface area contributed by atoms with E-state index in [0.717, 1.165) is 17.5 Å². The second kappa shape index (κ2) is 8.59. The summed E-state index contributed by atoms with van der Waals surface area (Å²) in [4.78, 5) is 5.74. The van der Waals surface area contributed by atoms with Crippen LogP contribution in [0.1, 0.15) is 50.6 Å². The van der Waals surface area contributed by atoms with Crippen molar-refractivity contribution in [3.63, 3.8) is 0 Å². The molecule has 0 radical (unpaired) electrons. The van der Waals surface area contributed by atoms with Crippen LogP contribution in [0.25, 0.3) is 60.8 Å². The van der Waals surface area contributed by atoms with Crippen molar-refractivity contribution >= 4 is 43.9 Å². The van der Waals surface area contributed by atoms with Crippen LogP contribution in [0.5, 0.6) is 0 Å². The molecule has 6 unspecified atom stereocenters. The molecule has 1 aliphatic heterocycles. The lowest BCUT2D eigenvalue weighted by Crippen LogP contribution is -2.55. The van der Waals surface area contributed by atoms with Crippen LogP contribution in [0.2, 0.25) is 0 Å². The number of nitrogens with zero attached hydrogens (tertiary/aromatic N) is 4. The van der Waals surface area contributed by atoms with Crippen LogP contribution >= 0.6 is 0 Å².